The summed E-state index contributed by atoms with van der Waals surface area (Å²) in [6, 6.07) is 5.79. The first kappa shape index (κ1) is 18.5. The van der Waals surface area contributed by atoms with Crippen molar-refractivity contribution >= 4 is 11.5 Å². The standard InChI is InChI=1S/C20H25N5O3/c1-26-16-9-15(10-17(12-16)27-2)11-18-23-20-19(21-5-6-25(20)24-18)22-13-14-3-7-28-8-4-14/h5-6,9-10,12,14H,3-4,7-8,11,13H2,1-2H3,(H,21,22). The van der Waals surface area contributed by atoms with Gasteiger partial charge < -0.3 is 19.5 Å². The molecule has 1 aliphatic heterocycles. The smallest absolute Gasteiger partial charge is 0.198 e. The molecule has 4 rings (SSSR count). The van der Waals surface area contributed by atoms with Crippen LogP contribution in [-0.2, 0) is 11.2 Å². The maximum absolute atomic E-state index is 5.43. The third-order valence-corrected chi connectivity index (χ3v) is 4.97. The van der Waals surface area contributed by atoms with E-state index in [9.17, 15) is 0 Å². The molecule has 28 heavy (non-hydrogen) atoms. The van der Waals surface area contributed by atoms with E-state index in [1.165, 1.54) is 0 Å². The maximum atomic E-state index is 5.43. The third kappa shape index (κ3) is 4.17. The Morgan fingerprint density at radius 2 is 1.89 bits per heavy atom. The molecule has 0 bridgehead atoms. The Balaban J connectivity index is 1.53. The average Bonchev–Trinajstić information content (AvgIpc) is 3.15. The summed E-state index contributed by atoms with van der Waals surface area (Å²) in [5.74, 6) is 3.58. The van der Waals surface area contributed by atoms with Crippen LogP contribution in [0.2, 0.25) is 0 Å². The Bertz CT molecular complexity index is 914. The largest absolute Gasteiger partial charge is 0.497 e. The molecule has 0 amide bonds. The lowest BCUT2D eigenvalue weighted by molar-refractivity contribution is 0.0699. The minimum atomic E-state index is 0.578. The second-order valence-electron chi connectivity index (χ2n) is 6.91. The molecule has 0 spiro atoms. The molecular weight excluding hydrogens is 358 g/mol. The van der Waals surface area contributed by atoms with Gasteiger partial charge in [0.05, 0.1) is 14.2 Å². The molecule has 0 unspecified atom stereocenters. The van der Waals surface area contributed by atoms with Gasteiger partial charge in [-0.1, -0.05) is 0 Å². The second-order valence-corrected chi connectivity index (χ2v) is 6.91. The van der Waals surface area contributed by atoms with Gasteiger partial charge in [-0.2, -0.15) is 5.10 Å². The number of nitrogens with one attached hydrogen (secondary N) is 1. The maximum Gasteiger partial charge on any atom is 0.198 e. The summed E-state index contributed by atoms with van der Waals surface area (Å²) in [6.45, 7) is 2.54. The average molecular weight is 383 g/mol. The molecule has 2 aromatic heterocycles. The first-order valence-corrected chi connectivity index (χ1v) is 9.49. The zero-order chi connectivity index (χ0) is 19.3. The summed E-state index contributed by atoms with van der Waals surface area (Å²) in [5.41, 5.74) is 1.76. The zero-order valence-corrected chi connectivity index (χ0v) is 16.2. The predicted molar refractivity (Wildman–Crippen MR) is 105 cm³/mol. The van der Waals surface area contributed by atoms with Crippen molar-refractivity contribution in [2.45, 2.75) is 19.3 Å². The van der Waals surface area contributed by atoms with Gasteiger partial charge in [-0.15, -0.1) is 0 Å². The predicted octanol–water partition coefficient (Wildman–Crippen LogP) is 2.57. The molecule has 3 heterocycles. The minimum Gasteiger partial charge on any atom is -0.497 e. The Kier molecular flexibility index (Phi) is 5.57. The van der Waals surface area contributed by atoms with Gasteiger partial charge in [-0.05, 0) is 36.5 Å². The third-order valence-electron chi connectivity index (χ3n) is 4.97. The van der Waals surface area contributed by atoms with Crippen molar-refractivity contribution in [3.8, 4) is 11.5 Å². The van der Waals surface area contributed by atoms with Crippen LogP contribution in [-0.4, -0.2) is 53.6 Å². The highest BCUT2D eigenvalue weighted by molar-refractivity contribution is 5.61. The highest BCUT2D eigenvalue weighted by Crippen LogP contribution is 2.24. The molecule has 1 saturated heterocycles. The lowest BCUT2D eigenvalue weighted by Crippen LogP contribution is -2.23. The van der Waals surface area contributed by atoms with Crippen LogP contribution in [0.15, 0.2) is 30.6 Å². The van der Waals surface area contributed by atoms with Crippen molar-refractivity contribution in [3.63, 3.8) is 0 Å². The Morgan fingerprint density at radius 1 is 1.14 bits per heavy atom. The number of fused-ring (bicyclic) bond motifs is 1. The summed E-state index contributed by atoms with van der Waals surface area (Å²) < 4.78 is 17.9. The van der Waals surface area contributed by atoms with Crippen LogP contribution >= 0.6 is 0 Å². The SMILES string of the molecule is COc1cc(Cc2nc3c(NCC4CCOCC4)nccn3n2)cc(OC)c1. The van der Waals surface area contributed by atoms with Gasteiger partial charge in [-0.25, -0.2) is 14.5 Å². The topological polar surface area (TPSA) is 82.8 Å². The van der Waals surface area contributed by atoms with Crippen molar-refractivity contribution in [3.05, 3.63) is 42.0 Å². The molecule has 3 aromatic rings. The molecule has 1 fully saturated rings. The van der Waals surface area contributed by atoms with Crippen molar-refractivity contribution in [1.29, 1.82) is 0 Å². The minimum absolute atomic E-state index is 0.578. The fourth-order valence-electron chi connectivity index (χ4n) is 3.40. The molecule has 8 nitrogen and oxygen atoms in total. The van der Waals surface area contributed by atoms with Crippen molar-refractivity contribution in [1.82, 2.24) is 19.6 Å². The van der Waals surface area contributed by atoms with Crippen LogP contribution in [0.25, 0.3) is 5.65 Å². The van der Waals surface area contributed by atoms with Crippen molar-refractivity contribution < 1.29 is 14.2 Å². The van der Waals surface area contributed by atoms with Crippen LogP contribution in [0.1, 0.15) is 24.2 Å². The lowest BCUT2D eigenvalue weighted by atomic mass is 10.0. The Hall–Kier alpha value is -2.87. The Morgan fingerprint density at radius 3 is 2.61 bits per heavy atom. The van der Waals surface area contributed by atoms with E-state index in [2.05, 4.69) is 15.4 Å². The normalized spacial score (nSPS) is 14.9. The number of anilines is 1. The van der Waals surface area contributed by atoms with Gasteiger partial charge in [0.2, 0.25) is 0 Å². The van der Waals surface area contributed by atoms with Crippen LogP contribution in [0.5, 0.6) is 11.5 Å². The molecule has 8 heteroatoms. The van der Waals surface area contributed by atoms with E-state index in [0.29, 0.717) is 12.3 Å². The fraction of sp³-hybridized carbons (Fsp3) is 0.450. The number of aromatic nitrogens is 4. The van der Waals surface area contributed by atoms with E-state index in [-0.39, 0.29) is 0 Å². The molecule has 1 N–H and O–H groups in total. The summed E-state index contributed by atoms with van der Waals surface area (Å²) in [6.07, 6.45) is 6.29. The molecular formula is C20H25N5O3. The van der Waals surface area contributed by atoms with E-state index in [4.69, 9.17) is 19.2 Å². The number of methoxy groups -OCH3 is 2. The summed E-state index contributed by atoms with van der Waals surface area (Å²) >= 11 is 0. The Labute approximate surface area is 163 Å². The quantitative estimate of drug-likeness (QED) is 0.671. The van der Waals surface area contributed by atoms with E-state index in [1.807, 2.05) is 24.4 Å². The van der Waals surface area contributed by atoms with E-state index in [0.717, 1.165) is 67.0 Å². The van der Waals surface area contributed by atoms with Gasteiger partial charge in [0.1, 0.15) is 11.5 Å². The van der Waals surface area contributed by atoms with Crippen molar-refractivity contribution in [2.75, 3.05) is 39.3 Å². The molecule has 0 radical (unpaired) electrons. The summed E-state index contributed by atoms with van der Waals surface area (Å²) in [4.78, 5) is 9.16. The number of benzene rings is 1. The van der Waals surface area contributed by atoms with Crippen LogP contribution in [0.3, 0.4) is 0 Å². The molecule has 0 aliphatic carbocycles. The van der Waals surface area contributed by atoms with Gasteiger partial charge in [0, 0.05) is 44.6 Å². The molecule has 1 aromatic carbocycles. The molecule has 1 aliphatic rings. The van der Waals surface area contributed by atoms with E-state index in [1.54, 1.807) is 24.9 Å². The summed E-state index contributed by atoms with van der Waals surface area (Å²) in [5, 5.41) is 8.04. The van der Waals surface area contributed by atoms with E-state index < -0.39 is 0 Å². The molecule has 148 valence electrons. The first-order chi connectivity index (χ1) is 13.7. The van der Waals surface area contributed by atoms with Crippen LogP contribution in [0.4, 0.5) is 5.82 Å². The van der Waals surface area contributed by atoms with E-state index >= 15 is 0 Å². The van der Waals surface area contributed by atoms with Gasteiger partial charge in [0.25, 0.3) is 0 Å². The number of ether oxygens (including phenoxy) is 3. The van der Waals surface area contributed by atoms with Gasteiger partial charge in [0.15, 0.2) is 17.3 Å². The first-order valence-electron chi connectivity index (χ1n) is 9.49. The highest BCUT2D eigenvalue weighted by atomic mass is 16.5. The molecule has 0 atom stereocenters. The summed E-state index contributed by atoms with van der Waals surface area (Å²) in [7, 11) is 3.29. The second kappa shape index (κ2) is 8.43. The van der Waals surface area contributed by atoms with Gasteiger partial charge in [-0.3, -0.25) is 0 Å². The number of hydrogen-bond donors (Lipinski definition) is 1. The lowest BCUT2D eigenvalue weighted by Gasteiger charge is -2.22. The highest BCUT2D eigenvalue weighted by Gasteiger charge is 2.16. The monoisotopic (exact) mass is 383 g/mol. The van der Waals surface area contributed by atoms with Gasteiger partial charge >= 0.3 is 0 Å². The zero-order valence-electron chi connectivity index (χ0n) is 16.2. The number of nitrogens with zero attached hydrogens (tertiary/aromatic N) is 4. The van der Waals surface area contributed by atoms with Crippen molar-refractivity contribution in [2.24, 2.45) is 5.92 Å². The number of hydrogen-bond acceptors (Lipinski definition) is 7. The van der Waals surface area contributed by atoms with Crippen LogP contribution < -0.4 is 14.8 Å². The molecule has 0 saturated carbocycles. The number of rotatable bonds is 7. The fourth-order valence-corrected chi connectivity index (χ4v) is 3.40. The van der Waals surface area contributed by atoms with Crippen LogP contribution in [0, 0.1) is 5.92 Å².